The molecule has 0 unspecified atom stereocenters. The van der Waals surface area contributed by atoms with Gasteiger partial charge < -0.3 is 20.5 Å². The van der Waals surface area contributed by atoms with E-state index in [0.717, 1.165) is 10.8 Å². The number of ether oxygens (including phenoxy) is 1. The number of fused-ring (bicyclic) bond motifs is 1. The number of nitrogens with one attached hydrogen (secondary N) is 2. The molecule has 0 bridgehead atoms. The lowest BCUT2D eigenvalue weighted by Crippen LogP contribution is -2.46. The van der Waals surface area contributed by atoms with Gasteiger partial charge in [0.1, 0.15) is 11.8 Å². The fourth-order valence-corrected chi connectivity index (χ4v) is 2.57. The molecule has 0 aliphatic carbocycles. The summed E-state index contributed by atoms with van der Waals surface area (Å²) in [7, 11) is 0. The molecule has 7 nitrogen and oxygen atoms in total. The average Bonchev–Trinajstić information content (AvgIpc) is 2.63. The first-order chi connectivity index (χ1) is 12.8. The first-order valence-corrected chi connectivity index (χ1v) is 8.75. The van der Waals surface area contributed by atoms with E-state index >= 15 is 0 Å². The monoisotopic (exact) mass is 372 g/mol. The Bertz CT molecular complexity index is 819. The van der Waals surface area contributed by atoms with Crippen molar-refractivity contribution in [2.45, 2.75) is 26.3 Å². The molecule has 0 heterocycles. The van der Waals surface area contributed by atoms with Crippen LogP contribution in [0.4, 0.5) is 0 Å². The number of rotatable bonds is 9. The predicted molar refractivity (Wildman–Crippen MR) is 101 cm³/mol. The van der Waals surface area contributed by atoms with Gasteiger partial charge >= 0.3 is 5.97 Å². The van der Waals surface area contributed by atoms with Crippen LogP contribution in [0.2, 0.25) is 0 Å². The van der Waals surface area contributed by atoms with E-state index in [2.05, 4.69) is 10.6 Å². The van der Waals surface area contributed by atoms with Crippen molar-refractivity contribution in [2.75, 3.05) is 13.2 Å². The Morgan fingerprint density at radius 3 is 2.41 bits per heavy atom. The zero-order valence-corrected chi connectivity index (χ0v) is 15.4. The summed E-state index contributed by atoms with van der Waals surface area (Å²) < 4.78 is 5.44. The number of carbonyl (C=O) groups excluding carboxylic acids is 2. The van der Waals surface area contributed by atoms with E-state index in [0.29, 0.717) is 12.2 Å². The van der Waals surface area contributed by atoms with E-state index in [4.69, 9.17) is 9.84 Å². The van der Waals surface area contributed by atoms with Gasteiger partial charge in [-0.25, -0.2) is 4.79 Å². The van der Waals surface area contributed by atoms with Gasteiger partial charge in [-0.2, -0.15) is 0 Å². The van der Waals surface area contributed by atoms with Crippen molar-refractivity contribution in [3.8, 4) is 5.75 Å². The van der Waals surface area contributed by atoms with Crippen LogP contribution in [0.15, 0.2) is 42.5 Å². The van der Waals surface area contributed by atoms with Crippen LogP contribution in [0.25, 0.3) is 10.8 Å². The van der Waals surface area contributed by atoms with Crippen molar-refractivity contribution in [1.29, 1.82) is 0 Å². The molecular weight excluding hydrogens is 348 g/mol. The summed E-state index contributed by atoms with van der Waals surface area (Å²) in [5, 5.41) is 16.0. The molecule has 2 rings (SSSR count). The molecule has 2 aromatic carbocycles. The van der Waals surface area contributed by atoms with Crippen LogP contribution in [0.1, 0.15) is 20.3 Å². The number of benzene rings is 2. The van der Waals surface area contributed by atoms with E-state index in [1.807, 2.05) is 50.2 Å². The standard InChI is InChI=1S/C20H24N2O5/c1-13(2)9-17(20(25)26)22-18(23)11-21-19(24)12-27-16-8-7-14-5-3-4-6-15(14)10-16/h3-8,10,13,17H,9,11-12H2,1-2H3,(H,21,24)(H,22,23)(H,25,26)/t17-/m0/s1. The minimum absolute atomic E-state index is 0.122. The quantitative estimate of drug-likeness (QED) is 0.624. The third-order valence-electron chi connectivity index (χ3n) is 3.88. The molecule has 7 heteroatoms. The highest BCUT2D eigenvalue weighted by Crippen LogP contribution is 2.20. The molecule has 2 aromatic rings. The molecule has 1 atom stereocenters. The highest BCUT2D eigenvalue weighted by molar-refractivity contribution is 5.88. The summed E-state index contributed by atoms with van der Waals surface area (Å²) in [6.45, 7) is 3.20. The van der Waals surface area contributed by atoms with Gasteiger partial charge in [-0.1, -0.05) is 44.2 Å². The van der Waals surface area contributed by atoms with Crippen LogP contribution in [0.5, 0.6) is 5.75 Å². The summed E-state index contributed by atoms with van der Waals surface area (Å²) in [4.78, 5) is 34.8. The number of amides is 2. The van der Waals surface area contributed by atoms with Gasteiger partial charge in [-0.05, 0) is 35.2 Å². The Hall–Kier alpha value is -3.09. The van der Waals surface area contributed by atoms with Gasteiger partial charge in [-0.15, -0.1) is 0 Å². The van der Waals surface area contributed by atoms with E-state index in [-0.39, 0.29) is 19.1 Å². The normalized spacial score (nSPS) is 11.8. The van der Waals surface area contributed by atoms with Crippen LogP contribution in [-0.4, -0.2) is 42.1 Å². The summed E-state index contributed by atoms with van der Waals surface area (Å²) >= 11 is 0. The van der Waals surface area contributed by atoms with Crippen molar-refractivity contribution in [3.63, 3.8) is 0 Å². The average molecular weight is 372 g/mol. The summed E-state index contributed by atoms with van der Waals surface area (Å²) in [5.74, 6) is -1.44. The maximum atomic E-state index is 11.8. The van der Waals surface area contributed by atoms with Gasteiger partial charge in [0.05, 0.1) is 6.54 Å². The molecular formula is C20H24N2O5. The highest BCUT2D eigenvalue weighted by atomic mass is 16.5. The van der Waals surface area contributed by atoms with Crippen molar-refractivity contribution in [3.05, 3.63) is 42.5 Å². The third kappa shape index (κ3) is 6.62. The number of carbonyl (C=O) groups is 3. The van der Waals surface area contributed by atoms with Gasteiger partial charge in [0.25, 0.3) is 5.91 Å². The summed E-state index contributed by atoms with van der Waals surface area (Å²) in [6, 6.07) is 12.3. The lowest BCUT2D eigenvalue weighted by Gasteiger charge is -2.16. The van der Waals surface area contributed by atoms with Crippen molar-refractivity contribution >= 4 is 28.6 Å². The maximum Gasteiger partial charge on any atom is 0.326 e. The molecule has 0 aliphatic heterocycles. The molecule has 0 fully saturated rings. The number of aliphatic carboxylic acids is 1. The molecule has 0 saturated heterocycles. The molecule has 0 spiro atoms. The minimum Gasteiger partial charge on any atom is -0.484 e. The molecule has 144 valence electrons. The third-order valence-corrected chi connectivity index (χ3v) is 3.88. The van der Waals surface area contributed by atoms with E-state index in [1.165, 1.54) is 0 Å². The van der Waals surface area contributed by atoms with Crippen LogP contribution in [-0.2, 0) is 14.4 Å². The van der Waals surface area contributed by atoms with E-state index in [1.54, 1.807) is 6.07 Å². The highest BCUT2D eigenvalue weighted by Gasteiger charge is 2.21. The largest absolute Gasteiger partial charge is 0.484 e. The Balaban J connectivity index is 1.77. The lowest BCUT2D eigenvalue weighted by atomic mass is 10.0. The Morgan fingerprint density at radius 1 is 1.04 bits per heavy atom. The summed E-state index contributed by atoms with van der Waals surface area (Å²) in [5.41, 5.74) is 0. The number of hydrogen-bond donors (Lipinski definition) is 3. The first kappa shape index (κ1) is 20.2. The molecule has 0 aliphatic rings. The first-order valence-electron chi connectivity index (χ1n) is 8.75. The molecule has 0 aromatic heterocycles. The maximum absolute atomic E-state index is 11.8. The van der Waals surface area contributed by atoms with Crippen LogP contribution < -0.4 is 15.4 Å². The second-order valence-electron chi connectivity index (χ2n) is 6.66. The van der Waals surface area contributed by atoms with Gasteiger partial charge in [0.15, 0.2) is 6.61 Å². The molecule has 3 N–H and O–H groups in total. The number of hydrogen-bond acceptors (Lipinski definition) is 4. The van der Waals surface area contributed by atoms with E-state index in [9.17, 15) is 14.4 Å². The zero-order valence-electron chi connectivity index (χ0n) is 15.4. The van der Waals surface area contributed by atoms with Crippen molar-refractivity contribution in [1.82, 2.24) is 10.6 Å². The number of carboxylic acids is 1. The van der Waals surface area contributed by atoms with Crippen molar-refractivity contribution < 1.29 is 24.2 Å². The number of carboxylic acid groups (broad SMARTS) is 1. The minimum atomic E-state index is -1.09. The topological polar surface area (TPSA) is 105 Å². The fraction of sp³-hybridized carbons (Fsp3) is 0.350. The fourth-order valence-electron chi connectivity index (χ4n) is 2.57. The Kier molecular flexibility index (Phi) is 7.16. The summed E-state index contributed by atoms with van der Waals surface area (Å²) in [6.07, 6.45) is 0.320. The molecule has 0 saturated carbocycles. The molecule has 2 amide bonds. The predicted octanol–water partition coefficient (Wildman–Crippen LogP) is 1.95. The van der Waals surface area contributed by atoms with E-state index < -0.39 is 23.8 Å². The Morgan fingerprint density at radius 2 is 1.74 bits per heavy atom. The van der Waals surface area contributed by atoms with Crippen LogP contribution in [0, 0.1) is 5.92 Å². The lowest BCUT2D eigenvalue weighted by molar-refractivity contribution is -0.142. The second kappa shape index (κ2) is 9.56. The molecule has 27 heavy (non-hydrogen) atoms. The van der Waals surface area contributed by atoms with Gasteiger partial charge in [0, 0.05) is 0 Å². The molecule has 0 radical (unpaired) electrons. The van der Waals surface area contributed by atoms with Gasteiger partial charge in [-0.3, -0.25) is 9.59 Å². The Labute approximate surface area is 157 Å². The SMILES string of the molecule is CC(C)C[C@H](NC(=O)CNC(=O)COc1ccc2ccccc2c1)C(=O)O. The second-order valence-corrected chi connectivity index (χ2v) is 6.66. The zero-order chi connectivity index (χ0) is 19.8. The van der Waals surface area contributed by atoms with Crippen LogP contribution in [0.3, 0.4) is 0 Å². The smallest absolute Gasteiger partial charge is 0.326 e. The van der Waals surface area contributed by atoms with Gasteiger partial charge in [0.2, 0.25) is 5.91 Å². The van der Waals surface area contributed by atoms with Crippen molar-refractivity contribution in [2.24, 2.45) is 5.92 Å². The van der Waals surface area contributed by atoms with Crippen LogP contribution >= 0.6 is 0 Å².